The second kappa shape index (κ2) is 3.54. The first kappa shape index (κ1) is 8.81. The largest absolute Gasteiger partial charge is 0.360 e. The number of hydrogen-bond acceptors (Lipinski definition) is 4. The van der Waals surface area contributed by atoms with Gasteiger partial charge in [0.2, 0.25) is 0 Å². The lowest BCUT2D eigenvalue weighted by Crippen LogP contribution is -2.42. The van der Waals surface area contributed by atoms with Gasteiger partial charge in [-0.05, 0) is 6.92 Å². The van der Waals surface area contributed by atoms with Crippen molar-refractivity contribution in [3.8, 4) is 0 Å². The first-order chi connectivity index (χ1) is 5.79. The quantitative estimate of drug-likeness (QED) is 0.656. The molecule has 2 aliphatic rings. The topological polar surface area (TPSA) is 33.3 Å². The molecule has 70 valence electrons. The number of ether oxygens (including phenoxy) is 1. The summed E-state index contributed by atoms with van der Waals surface area (Å²) in [6.45, 7) is 5.13. The van der Waals surface area contributed by atoms with Gasteiger partial charge in [0.25, 0.3) is 0 Å². The molecule has 0 aliphatic carbocycles. The van der Waals surface area contributed by atoms with Crippen molar-refractivity contribution in [3.05, 3.63) is 0 Å². The maximum absolute atomic E-state index is 5.64. The van der Waals surface area contributed by atoms with Crippen LogP contribution in [-0.2, 0) is 4.74 Å². The smallest absolute Gasteiger partial charge is 0.118 e. The van der Waals surface area contributed by atoms with Gasteiger partial charge in [-0.3, -0.25) is 5.32 Å². The third-order valence-corrected chi connectivity index (χ3v) is 3.57. The number of thioether (sulfide) groups is 1. The van der Waals surface area contributed by atoms with Crippen molar-refractivity contribution in [2.75, 3.05) is 25.4 Å². The Morgan fingerprint density at radius 2 is 2.50 bits per heavy atom. The van der Waals surface area contributed by atoms with Crippen LogP contribution in [0.4, 0.5) is 0 Å². The van der Waals surface area contributed by atoms with Crippen LogP contribution in [-0.4, -0.2) is 36.5 Å². The van der Waals surface area contributed by atoms with Gasteiger partial charge in [0, 0.05) is 25.3 Å². The molecule has 0 amide bonds. The summed E-state index contributed by atoms with van der Waals surface area (Å²) in [6, 6.07) is 0. The van der Waals surface area contributed by atoms with Crippen LogP contribution in [0, 0.1) is 0 Å². The Labute approximate surface area is 77.6 Å². The Hall–Kier alpha value is 0.230. The summed E-state index contributed by atoms with van der Waals surface area (Å²) in [5.41, 5.74) is -0.0744. The van der Waals surface area contributed by atoms with E-state index in [-0.39, 0.29) is 5.72 Å². The van der Waals surface area contributed by atoms with Gasteiger partial charge < -0.3 is 10.1 Å². The van der Waals surface area contributed by atoms with Crippen molar-refractivity contribution < 1.29 is 4.74 Å². The molecule has 0 spiro atoms. The first-order valence-electron chi connectivity index (χ1n) is 4.52. The van der Waals surface area contributed by atoms with Crippen molar-refractivity contribution in [1.82, 2.24) is 10.6 Å². The summed E-state index contributed by atoms with van der Waals surface area (Å²) in [7, 11) is 0. The lowest BCUT2D eigenvalue weighted by molar-refractivity contribution is -0.00185. The molecule has 0 bridgehead atoms. The van der Waals surface area contributed by atoms with Gasteiger partial charge >= 0.3 is 0 Å². The molecule has 2 saturated heterocycles. The molecule has 0 radical (unpaired) electrons. The Balaban J connectivity index is 1.83. The van der Waals surface area contributed by atoms with Crippen molar-refractivity contribution in [1.29, 1.82) is 0 Å². The van der Waals surface area contributed by atoms with E-state index < -0.39 is 0 Å². The highest BCUT2D eigenvalue weighted by Gasteiger charge is 2.33. The molecular formula is C8H16N2OS. The highest BCUT2D eigenvalue weighted by Crippen LogP contribution is 2.25. The van der Waals surface area contributed by atoms with Gasteiger partial charge in [0.05, 0.1) is 12.0 Å². The van der Waals surface area contributed by atoms with E-state index in [0.717, 1.165) is 26.1 Å². The van der Waals surface area contributed by atoms with E-state index in [2.05, 4.69) is 17.6 Å². The predicted octanol–water partition coefficient (Wildman–Crippen LogP) is 0.375. The molecule has 2 fully saturated rings. The molecule has 3 nitrogen and oxygen atoms in total. The maximum Gasteiger partial charge on any atom is 0.118 e. The van der Waals surface area contributed by atoms with E-state index in [4.69, 9.17) is 4.74 Å². The Morgan fingerprint density at radius 3 is 3.08 bits per heavy atom. The third-order valence-electron chi connectivity index (χ3n) is 2.39. The molecule has 0 saturated carbocycles. The zero-order chi connectivity index (χ0) is 8.44. The summed E-state index contributed by atoms with van der Waals surface area (Å²) in [6.07, 6.45) is 1.07. The van der Waals surface area contributed by atoms with Crippen molar-refractivity contribution in [2.45, 2.75) is 24.4 Å². The van der Waals surface area contributed by atoms with E-state index in [1.54, 1.807) is 0 Å². The van der Waals surface area contributed by atoms with E-state index in [1.165, 1.54) is 5.75 Å². The molecular weight excluding hydrogens is 172 g/mol. The average Bonchev–Trinajstić information content (AvgIpc) is 2.62. The van der Waals surface area contributed by atoms with Crippen LogP contribution in [0.15, 0.2) is 0 Å². The molecule has 4 heteroatoms. The molecule has 2 rings (SSSR count). The summed E-state index contributed by atoms with van der Waals surface area (Å²) in [5.74, 6) is 1.24. The van der Waals surface area contributed by atoms with E-state index in [9.17, 15) is 0 Å². The summed E-state index contributed by atoms with van der Waals surface area (Å²) < 4.78 is 5.64. The van der Waals surface area contributed by atoms with Crippen LogP contribution in [0.5, 0.6) is 0 Å². The maximum atomic E-state index is 5.64. The third kappa shape index (κ3) is 1.93. The van der Waals surface area contributed by atoms with Crippen LogP contribution in [0.1, 0.15) is 13.3 Å². The molecule has 2 N–H and O–H groups in total. The fourth-order valence-corrected chi connectivity index (χ4v) is 2.93. The van der Waals surface area contributed by atoms with Gasteiger partial charge in [0.1, 0.15) is 5.72 Å². The average molecular weight is 188 g/mol. The molecule has 12 heavy (non-hydrogen) atoms. The van der Waals surface area contributed by atoms with Crippen LogP contribution in [0.2, 0.25) is 0 Å². The molecule has 2 atom stereocenters. The predicted molar refractivity (Wildman–Crippen MR) is 51.2 cm³/mol. The van der Waals surface area contributed by atoms with Gasteiger partial charge in [-0.25, -0.2) is 0 Å². The van der Waals surface area contributed by atoms with Crippen LogP contribution in [0.25, 0.3) is 0 Å². The lowest BCUT2D eigenvalue weighted by atomic mass is 10.2. The summed E-state index contributed by atoms with van der Waals surface area (Å²) in [4.78, 5) is 0. The molecule has 0 aromatic heterocycles. The summed E-state index contributed by atoms with van der Waals surface area (Å²) in [5, 5.41) is 7.42. The second-order valence-corrected chi connectivity index (χ2v) is 4.83. The minimum atomic E-state index is -0.0744. The van der Waals surface area contributed by atoms with Crippen molar-refractivity contribution in [3.63, 3.8) is 0 Å². The van der Waals surface area contributed by atoms with Gasteiger partial charge in [-0.2, -0.15) is 0 Å². The zero-order valence-electron chi connectivity index (χ0n) is 7.43. The highest BCUT2D eigenvalue weighted by atomic mass is 32.2. The van der Waals surface area contributed by atoms with Gasteiger partial charge in [0.15, 0.2) is 0 Å². The molecule has 0 aromatic rings. The first-order valence-corrected chi connectivity index (χ1v) is 5.57. The van der Waals surface area contributed by atoms with Crippen molar-refractivity contribution in [2.24, 2.45) is 0 Å². The Bertz CT molecular complexity index is 153. The second-order valence-electron chi connectivity index (χ2n) is 3.52. The minimum Gasteiger partial charge on any atom is -0.360 e. The van der Waals surface area contributed by atoms with Gasteiger partial charge in [-0.1, -0.05) is 0 Å². The molecule has 0 aromatic carbocycles. The lowest BCUT2D eigenvalue weighted by Gasteiger charge is -2.26. The molecule has 2 heterocycles. The molecule has 2 unspecified atom stereocenters. The number of rotatable bonds is 2. The Morgan fingerprint density at radius 1 is 1.58 bits per heavy atom. The van der Waals surface area contributed by atoms with Gasteiger partial charge in [-0.15, -0.1) is 11.8 Å². The normalized spacial score (nSPS) is 42.2. The fraction of sp³-hybridized carbons (Fsp3) is 1.00. The van der Waals surface area contributed by atoms with E-state index in [0.29, 0.717) is 5.37 Å². The Kier molecular flexibility index (Phi) is 2.60. The molecule has 2 aliphatic heterocycles. The minimum absolute atomic E-state index is 0.0744. The van der Waals surface area contributed by atoms with Crippen LogP contribution in [0.3, 0.4) is 0 Å². The van der Waals surface area contributed by atoms with E-state index >= 15 is 0 Å². The summed E-state index contributed by atoms with van der Waals surface area (Å²) >= 11 is 2.00. The SMILES string of the molecule is CC1(CC2NCCS2)NCCO1. The zero-order valence-corrected chi connectivity index (χ0v) is 8.25. The number of nitrogens with one attached hydrogen (secondary N) is 2. The van der Waals surface area contributed by atoms with E-state index in [1.807, 2.05) is 11.8 Å². The van der Waals surface area contributed by atoms with Crippen molar-refractivity contribution >= 4 is 11.8 Å². The van der Waals surface area contributed by atoms with Crippen LogP contribution >= 0.6 is 11.8 Å². The number of hydrogen-bond donors (Lipinski definition) is 2. The standard InChI is InChI=1S/C8H16N2OS/c1-8(10-2-4-11-8)6-7-9-3-5-12-7/h7,9-10H,2-6H2,1H3. The monoisotopic (exact) mass is 188 g/mol. The van der Waals surface area contributed by atoms with Crippen LogP contribution < -0.4 is 10.6 Å². The fourth-order valence-electron chi connectivity index (χ4n) is 1.74. The highest BCUT2D eigenvalue weighted by molar-refractivity contribution is 8.00.